The van der Waals surface area contributed by atoms with Crippen LogP contribution in [0.25, 0.3) is 0 Å². The maximum absolute atomic E-state index is 10.9. The van der Waals surface area contributed by atoms with E-state index < -0.39 is 5.97 Å². The van der Waals surface area contributed by atoms with E-state index >= 15 is 0 Å². The predicted octanol–water partition coefficient (Wildman–Crippen LogP) is 2.10. The highest BCUT2D eigenvalue weighted by Crippen LogP contribution is 2.15. The Bertz CT molecular complexity index is 417. The lowest BCUT2D eigenvalue weighted by atomic mass is 10.0. The fraction of sp³-hybridized carbons (Fsp3) is 0.562. The number of carbonyl (C=O) groups is 1. The molecular weight excluding hydrogens is 270 g/mol. The van der Waals surface area contributed by atoms with Gasteiger partial charge in [0.2, 0.25) is 0 Å². The molecule has 0 aromatic heterocycles. The van der Waals surface area contributed by atoms with Gasteiger partial charge in [0.15, 0.2) is 0 Å². The molecule has 1 aromatic carbocycles. The first kappa shape index (κ1) is 17.5. The van der Waals surface area contributed by atoms with E-state index in [1.165, 1.54) is 0 Å². The number of ether oxygens (including phenoxy) is 2. The van der Waals surface area contributed by atoms with E-state index in [1.807, 2.05) is 38.1 Å². The van der Waals surface area contributed by atoms with Crippen LogP contribution in [0.15, 0.2) is 24.3 Å². The molecule has 0 saturated heterocycles. The highest BCUT2D eigenvalue weighted by molar-refractivity contribution is 5.67. The van der Waals surface area contributed by atoms with Gasteiger partial charge in [0.25, 0.3) is 0 Å². The number of methoxy groups -OCH3 is 1. The van der Waals surface area contributed by atoms with Crippen LogP contribution in [0.1, 0.15) is 25.8 Å². The first-order valence-corrected chi connectivity index (χ1v) is 7.21. The Morgan fingerprint density at radius 3 is 2.48 bits per heavy atom. The van der Waals surface area contributed by atoms with E-state index in [2.05, 4.69) is 5.32 Å². The molecule has 0 bridgehead atoms. The number of benzene rings is 1. The average Bonchev–Trinajstić information content (AvgIpc) is 2.40. The van der Waals surface area contributed by atoms with Crippen molar-refractivity contribution in [2.75, 3.05) is 20.3 Å². The Hall–Kier alpha value is -1.59. The normalized spacial score (nSPS) is 12.4. The summed E-state index contributed by atoms with van der Waals surface area (Å²) in [5, 5.41) is 12.2. The lowest BCUT2D eigenvalue weighted by Gasteiger charge is -2.17. The molecule has 1 rings (SSSR count). The van der Waals surface area contributed by atoms with Gasteiger partial charge >= 0.3 is 5.97 Å². The van der Waals surface area contributed by atoms with E-state index in [0.717, 1.165) is 11.3 Å². The lowest BCUT2D eigenvalue weighted by Crippen LogP contribution is -2.35. The van der Waals surface area contributed by atoms with E-state index in [1.54, 1.807) is 7.11 Å². The topological polar surface area (TPSA) is 67.8 Å². The largest absolute Gasteiger partial charge is 0.491 e. The first-order chi connectivity index (χ1) is 10.0. The van der Waals surface area contributed by atoms with Gasteiger partial charge in [-0.1, -0.05) is 12.1 Å². The minimum absolute atomic E-state index is 0.0912. The molecule has 0 saturated carbocycles. The molecule has 0 fully saturated rings. The summed E-state index contributed by atoms with van der Waals surface area (Å²) < 4.78 is 10.6. The van der Waals surface area contributed by atoms with Crippen molar-refractivity contribution in [2.45, 2.75) is 38.8 Å². The quantitative estimate of drug-likeness (QED) is 0.647. The van der Waals surface area contributed by atoms with Gasteiger partial charge in [-0.05, 0) is 38.0 Å². The molecular formula is C16H25NO4. The van der Waals surface area contributed by atoms with Crippen molar-refractivity contribution in [1.29, 1.82) is 0 Å². The van der Waals surface area contributed by atoms with Crippen molar-refractivity contribution >= 4 is 5.97 Å². The van der Waals surface area contributed by atoms with Crippen molar-refractivity contribution < 1.29 is 19.4 Å². The van der Waals surface area contributed by atoms with Crippen molar-refractivity contribution in [2.24, 2.45) is 0 Å². The number of hydrogen-bond donors (Lipinski definition) is 2. The molecule has 0 heterocycles. The van der Waals surface area contributed by atoms with Crippen molar-refractivity contribution in [3.63, 3.8) is 0 Å². The van der Waals surface area contributed by atoms with E-state index in [0.29, 0.717) is 19.6 Å². The Kier molecular flexibility index (Phi) is 7.79. The maximum Gasteiger partial charge on any atom is 0.304 e. The third-order valence-electron chi connectivity index (χ3n) is 2.94. The smallest absolute Gasteiger partial charge is 0.304 e. The summed E-state index contributed by atoms with van der Waals surface area (Å²) in [4.78, 5) is 10.9. The minimum Gasteiger partial charge on any atom is -0.491 e. The SMILES string of the molecule is COCCNC(CC(=O)O)Cc1ccc(OC(C)C)cc1. The number of carboxylic acids is 1. The highest BCUT2D eigenvalue weighted by Gasteiger charge is 2.13. The second kappa shape index (κ2) is 9.37. The van der Waals surface area contributed by atoms with Crippen molar-refractivity contribution in [3.8, 4) is 5.75 Å². The molecule has 118 valence electrons. The molecule has 0 aliphatic carbocycles. The third kappa shape index (κ3) is 7.68. The Morgan fingerprint density at radius 2 is 1.95 bits per heavy atom. The third-order valence-corrected chi connectivity index (χ3v) is 2.94. The summed E-state index contributed by atoms with van der Waals surface area (Å²) in [7, 11) is 1.63. The molecule has 1 atom stereocenters. The monoisotopic (exact) mass is 295 g/mol. The number of nitrogens with one attached hydrogen (secondary N) is 1. The number of aliphatic carboxylic acids is 1. The minimum atomic E-state index is -0.801. The van der Waals surface area contributed by atoms with Crippen molar-refractivity contribution in [1.82, 2.24) is 5.32 Å². The first-order valence-electron chi connectivity index (χ1n) is 7.21. The Labute approximate surface area is 126 Å². The van der Waals surface area contributed by atoms with Crippen molar-refractivity contribution in [3.05, 3.63) is 29.8 Å². The molecule has 1 unspecified atom stereocenters. The molecule has 0 radical (unpaired) electrons. The van der Waals surface area contributed by atoms with Crippen LogP contribution < -0.4 is 10.1 Å². The van der Waals surface area contributed by atoms with Gasteiger partial charge in [-0.25, -0.2) is 0 Å². The predicted molar refractivity (Wildman–Crippen MR) is 81.8 cm³/mol. The number of hydrogen-bond acceptors (Lipinski definition) is 4. The summed E-state index contributed by atoms with van der Waals surface area (Å²) in [6.07, 6.45) is 0.901. The molecule has 0 amide bonds. The fourth-order valence-electron chi connectivity index (χ4n) is 2.05. The molecule has 0 spiro atoms. The zero-order valence-electron chi connectivity index (χ0n) is 13.0. The lowest BCUT2D eigenvalue weighted by molar-refractivity contribution is -0.137. The number of carboxylic acid groups (broad SMARTS) is 1. The molecule has 1 aromatic rings. The van der Waals surface area contributed by atoms with Crippen LogP contribution in [0.5, 0.6) is 5.75 Å². The molecule has 5 heteroatoms. The summed E-state index contributed by atoms with van der Waals surface area (Å²) in [6, 6.07) is 7.69. The molecule has 0 aliphatic heterocycles. The van der Waals surface area contributed by atoms with Crippen LogP contribution in [0, 0.1) is 0 Å². The van der Waals surface area contributed by atoms with Crippen LogP contribution in [0.3, 0.4) is 0 Å². The molecule has 2 N–H and O–H groups in total. The van der Waals surface area contributed by atoms with Gasteiger partial charge < -0.3 is 19.9 Å². The molecule has 21 heavy (non-hydrogen) atoms. The summed E-state index contributed by atoms with van der Waals surface area (Å²) in [5.41, 5.74) is 1.09. The van der Waals surface area contributed by atoms with Gasteiger partial charge in [0, 0.05) is 19.7 Å². The van der Waals surface area contributed by atoms with E-state index in [-0.39, 0.29) is 18.6 Å². The molecule has 0 aliphatic rings. The van der Waals surface area contributed by atoms with E-state index in [4.69, 9.17) is 14.6 Å². The van der Waals surface area contributed by atoms with Crippen LogP contribution >= 0.6 is 0 Å². The zero-order valence-corrected chi connectivity index (χ0v) is 13.0. The van der Waals surface area contributed by atoms with Crippen LogP contribution in [-0.4, -0.2) is 43.5 Å². The van der Waals surface area contributed by atoms with Crippen LogP contribution in [0.2, 0.25) is 0 Å². The van der Waals surface area contributed by atoms with Gasteiger partial charge in [-0.3, -0.25) is 4.79 Å². The average molecular weight is 295 g/mol. The summed E-state index contributed by atoms with van der Waals surface area (Å²) in [6.45, 7) is 5.17. The second-order valence-electron chi connectivity index (χ2n) is 5.26. The van der Waals surface area contributed by atoms with E-state index in [9.17, 15) is 4.79 Å². The summed E-state index contributed by atoms with van der Waals surface area (Å²) in [5.74, 6) is 0.0283. The van der Waals surface area contributed by atoms with Gasteiger partial charge in [0.05, 0.1) is 19.1 Å². The fourth-order valence-corrected chi connectivity index (χ4v) is 2.05. The van der Waals surface area contributed by atoms with Crippen LogP contribution in [0.4, 0.5) is 0 Å². The zero-order chi connectivity index (χ0) is 15.7. The summed E-state index contributed by atoms with van der Waals surface area (Å²) >= 11 is 0. The Morgan fingerprint density at radius 1 is 1.29 bits per heavy atom. The van der Waals surface area contributed by atoms with Gasteiger partial charge in [-0.2, -0.15) is 0 Å². The second-order valence-corrected chi connectivity index (χ2v) is 5.26. The molecule has 5 nitrogen and oxygen atoms in total. The standard InChI is InChI=1S/C16H25NO4/c1-12(2)21-15-6-4-13(5-7-15)10-14(11-16(18)19)17-8-9-20-3/h4-7,12,14,17H,8-11H2,1-3H3,(H,18,19). The Balaban J connectivity index is 2.57. The number of rotatable bonds is 10. The van der Waals surface area contributed by atoms with Crippen LogP contribution in [-0.2, 0) is 16.0 Å². The highest BCUT2D eigenvalue weighted by atomic mass is 16.5. The maximum atomic E-state index is 10.9. The van der Waals surface area contributed by atoms with Gasteiger partial charge in [-0.15, -0.1) is 0 Å². The van der Waals surface area contributed by atoms with Gasteiger partial charge in [0.1, 0.15) is 5.75 Å².